The molecule has 3 heteroatoms. The Morgan fingerprint density at radius 2 is 1.46 bits per heavy atom. The first-order chi connectivity index (χ1) is 4.13. The van der Waals surface area contributed by atoms with Gasteiger partial charge in [0.25, 0.3) is 0 Å². The van der Waals surface area contributed by atoms with Crippen molar-refractivity contribution in [1.82, 2.24) is 0 Å². The maximum absolute atomic E-state index is 2.24. The van der Waals surface area contributed by atoms with Crippen LogP contribution in [0.25, 0.3) is 0 Å². The fourth-order valence-electron chi connectivity index (χ4n) is 1.13. The summed E-state index contributed by atoms with van der Waals surface area (Å²) in [6.07, 6.45) is 0. The van der Waals surface area contributed by atoms with Gasteiger partial charge in [-0.3, -0.25) is 0 Å². The van der Waals surface area contributed by atoms with Crippen LogP contribution in [0.3, 0.4) is 0 Å². The van der Waals surface area contributed by atoms with Crippen LogP contribution in [0.2, 0.25) is 0 Å². The van der Waals surface area contributed by atoms with Crippen molar-refractivity contribution >= 4 is 0 Å². The minimum absolute atomic E-state index is 0. The van der Waals surface area contributed by atoms with E-state index in [1.54, 1.807) is 0 Å². The Morgan fingerprint density at radius 3 is 1.54 bits per heavy atom. The van der Waals surface area contributed by atoms with E-state index in [-0.39, 0.29) is 54.0 Å². The molecular weight excluding hydrogens is 239 g/mol. The molecule has 0 amide bonds. The monoisotopic (exact) mass is 254 g/mol. The third-order valence-electron chi connectivity index (χ3n) is 2.18. The number of aryl methyl sites for hydroxylation is 2. The molecule has 0 spiro atoms. The molecule has 0 aliphatic carbocycles. The van der Waals surface area contributed by atoms with Gasteiger partial charge >= 0.3 is 21.7 Å². The van der Waals surface area contributed by atoms with E-state index in [1.165, 1.54) is 22.3 Å². The van der Waals surface area contributed by atoms with E-state index in [1.807, 2.05) is 0 Å². The summed E-state index contributed by atoms with van der Waals surface area (Å²) >= 11 is 0. The molecule has 0 fully saturated rings. The Bertz CT molecular complexity index is 207. The van der Waals surface area contributed by atoms with Crippen LogP contribution >= 0.6 is 0 Å². The fraction of sp³-hybridized carbons (Fsp3) is 0.400. The van der Waals surface area contributed by atoms with Crippen LogP contribution in [0.1, 0.15) is 22.3 Å². The minimum Gasteiger partial charge on any atom is -1.00 e. The van der Waals surface area contributed by atoms with Gasteiger partial charge in [-0.1, -0.05) is 27.7 Å². The van der Waals surface area contributed by atoms with Crippen molar-refractivity contribution in [2.24, 2.45) is 0 Å². The van der Waals surface area contributed by atoms with Crippen molar-refractivity contribution in [2.45, 2.75) is 27.7 Å². The summed E-state index contributed by atoms with van der Waals surface area (Å²) in [4.78, 5) is 0. The second-order valence-corrected chi connectivity index (χ2v) is 2.76. The first-order valence-electron chi connectivity index (χ1n) is 3.33. The zero-order valence-electron chi connectivity index (χ0n) is 8.83. The second kappa shape index (κ2) is 9.21. The van der Waals surface area contributed by atoms with Crippen LogP contribution in [0, 0.1) is 35.1 Å². The molecule has 13 heavy (non-hydrogen) atoms. The van der Waals surface area contributed by atoms with Crippen LogP contribution in [0.4, 0.5) is 0 Å². The van der Waals surface area contributed by atoms with Crippen molar-refractivity contribution in [3.8, 4) is 0 Å². The van der Waals surface area contributed by atoms with E-state index in [2.05, 4.69) is 33.8 Å². The van der Waals surface area contributed by atoms with Crippen molar-refractivity contribution in [3.63, 3.8) is 0 Å². The van der Waals surface area contributed by atoms with Crippen LogP contribution in [-0.2, 0) is 21.7 Å². The molecule has 0 nitrogen and oxygen atoms in total. The van der Waals surface area contributed by atoms with Gasteiger partial charge in [0.05, 0.1) is 0 Å². The summed E-state index contributed by atoms with van der Waals surface area (Å²) in [7, 11) is 0. The van der Waals surface area contributed by atoms with Crippen LogP contribution in [-0.4, -0.2) is 0 Å². The smallest absolute Gasteiger partial charge is 1.00 e. The largest absolute Gasteiger partial charge is 4.00 e. The third-order valence-corrected chi connectivity index (χ3v) is 2.18. The Balaban J connectivity index is -0.000000101. The molecule has 0 atom stereocenters. The quantitative estimate of drug-likeness (QED) is 0.344. The predicted octanol–water partition coefficient (Wildman–Crippen LogP) is -2.91. The third kappa shape index (κ3) is 5.17. The number of hydrogen-bond acceptors (Lipinski definition) is 0. The van der Waals surface area contributed by atoms with Gasteiger partial charge < -0.3 is 32.2 Å². The molecule has 0 aromatic heterocycles. The molecule has 74 valence electrons. The van der Waals surface area contributed by atoms with E-state index in [4.69, 9.17) is 0 Å². The predicted molar refractivity (Wildman–Crippen MR) is 47.4 cm³/mol. The first kappa shape index (κ1) is 23.5. The maximum Gasteiger partial charge on any atom is 4.00 e. The van der Waals surface area contributed by atoms with E-state index in [0.29, 0.717) is 0 Å². The van der Waals surface area contributed by atoms with Crippen LogP contribution in [0.5, 0.6) is 0 Å². The van der Waals surface area contributed by atoms with E-state index >= 15 is 0 Å². The summed E-state index contributed by atoms with van der Waals surface area (Å²) in [6, 6.07) is 2.24. The van der Waals surface area contributed by atoms with Gasteiger partial charge in [-0.2, -0.15) is 28.3 Å². The summed E-state index contributed by atoms with van der Waals surface area (Å²) < 4.78 is 0. The summed E-state index contributed by atoms with van der Waals surface area (Å²) in [6.45, 7) is 8.68. The fourth-order valence-corrected chi connectivity index (χ4v) is 1.13. The molecule has 1 aromatic carbocycles. The van der Waals surface area contributed by atoms with Gasteiger partial charge in [-0.05, 0) is 0 Å². The van der Waals surface area contributed by atoms with E-state index in [0.717, 1.165) is 0 Å². The minimum atomic E-state index is 0. The van der Waals surface area contributed by atoms with Crippen molar-refractivity contribution in [3.05, 3.63) is 35.7 Å². The average Bonchev–Trinajstić information content (AvgIpc) is 1.98. The molecule has 0 bridgehead atoms. The van der Waals surface area contributed by atoms with Gasteiger partial charge in [0.15, 0.2) is 0 Å². The van der Waals surface area contributed by atoms with Gasteiger partial charge in [-0.15, -0.1) is 0 Å². The van der Waals surface area contributed by atoms with Crippen molar-refractivity contribution < 1.29 is 46.5 Å². The normalized spacial score (nSPS) is 7.08. The Morgan fingerprint density at radius 1 is 1.08 bits per heavy atom. The molecule has 0 aliphatic rings. The topological polar surface area (TPSA) is 0 Å². The van der Waals surface area contributed by atoms with E-state index < -0.39 is 0 Å². The molecule has 0 heterocycles. The Labute approximate surface area is 110 Å². The van der Waals surface area contributed by atoms with Gasteiger partial charge in [0.2, 0.25) is 0 Å². The summed E-state index contributed by atoms with van der Waals surface area (Å²) in [5.41, 5.74) is 5.75. The molecule has 1 aromatic rings. The van der Waals surface area contributed by atoms with Gasteiger partial charge in [0, 0.05) is 0 Å². The molecule has 0 saturated heterocycles. The molecule has 0 radical (unpaired) electrons. The number of hydrogen-bond donors (Lipinski definition) is 0. The molecule has 0 aliphatic heterocycles. The maximum atomic E-state index is 2.24. The number of rotatable bonds is 0. The van der Waals surface area contributed by atoms with Gasteiger partial charge in [0.1, 0.15) is 0 Å². The van der Waals surface area contributed by atoms with E-state index in [9.17, 15) is 0 Å². The Hall–Kier alpha value is 0.644. The van der Waals surface area contributed by atoms with Crippen molar-refractivity contribution in [2.75, 3.05) is 0 Å². The summed E-state index contributed by atoms with van der Waals surface area (Å²) in [5, 5.41) is 0. The zero-order valence-corrected chi connectivity index (χ0v) is 11.9. The second-order valence-electron chi connectivity index (χ2n) is 2.76. The van der Waals surface area contributed by atoms with Crippen molar-refractivity contribution in [1.29, 1.82) is 0 Å². The summed E-state index contributed by atoms with van der Waals surface area (Å²) in [5.74, 6) is 0. The molecule has 1 rings (SSSR count). The average molecular weight is 255 g/mol. The first-order valence-corrected chi connectivity index (χ1v) is 3.33. The molecular formula is C10H16Cl2Ti. The molecule has 0 unspecified atom stereocenters. The standard InChI is InChI=1S/C9H13.CH3.2ClH.Ti/c1-6-5-7(2)9(4)8(6)3;;;;/h5H,1-4H3;1H3;2*1H;/q2*-1;;;+4/p-2. The van der Waals surface area contributed by atoms with Gasteiger partial charge in [-0.25, -0.2) is 0 Å². The number of halogens is 2. The SMILES string of the molecule is Cc1c[c-](C)c(C)c1C.[CH3-].[Cl-].[Cl-].[Ti+4]. The zero-order chi connectivity index (χ0) is 7.02. The molecule has 0 saturated carbocycles. The Kier molecular flexibility index (Phi) is 16.6. The molecule has 0 N–H and O–H groups in total. The van der Waals surface area contributed by atoms with Crippen LogP contribution in [0.15, 0.2) is 6.07 Å². The van der Waals surface area contributed by atoms with Crippen LogP contribution < -0.4 is 24.8 Å².